The molecule has 0 fully saturated rings. The SMILES string of the molecule is [B]/C(C)=C(\C(C)=N)c1ccc(C)c(S)c1. The highest BCUT2D eigenvalue weighted by Crippen LogP contribution is 2.23. The first-order chi connectivity index (χ1) is 6.93. The topological polar surface area (TPSA) is 23.9 Å². The van der Waals surface area contributed by atoms with Crippen molar-refractivity contribution in [2.24, 2.45) is 0 Å². The Kier molecular flexibility index (Phi) is 3.80. The Balaban J connectivity index is 3.32. The lowest BCUT2D eigenvalue weighted by atomic mass is 9.86. The Labute approximate surface area is 97.9 Å². The number of benzene rings is 1. The molecule has 0 atom stereocenters. The molecule has 0 spiro atoms. The zero-order valence-corrected chi connectivity index (χ0v) is 10.2. The zero-order valence-electron chi connectivity index (χ0n) is 9.26. The van der Waals surface area contributed by atoms with Gasteiger partial charge in [0.2, 0.25) is 0 Å². The second-order valence-corrected chi connectivity index (χ2v) is 4.17. The fourth-order valence-electron chi connectivity index (χ4n) is 1.50. The summed E-state index contributed by atoms with van der Waals surface area (Å²) in [6.45, 7) is 5.55. The number of hydrogen-bond donors (Lipinski definition) is 2. The molecule has 0 saturated carbocycles. The van der Waals surface area contributed by atoms with Crippen LogP contribution in [0.15, 0.2) is 28.6 Å². The molecule has 0 amide bonds. The minimum absolute atomic E-state index is 0.478. The first-order valence-electron chi connectivity index (χ1n) is 4.75. The van der Waals surface area contributed by atoms with Gasteiger partial charge in [-0.2, -0.15) is 0 Å². The van der Waals surface area contributed by atoms with Crippen molar-refractivity contribution in [2.75, 3.05) is 0 Å². The van der Waals surface area contributed by atoms with Crippen LogP contribution in [0.3, 0.4) is 0 Å². The van der Waals surface area contributed by atoms with E-state index in [1.54, 1.807) is 6.92 Å². The Morgan fingerprint density at radius 3 is 2.33 bits per heavy atom. The molecule has 2 radical (unpaired) electrons. The standard InChI is InChI=1S/C12H14BNS/c1-7-4-5-10(6-11(7)15)12(8(2)13)9(3)14/h4-6,14-15H,1-3H3/b12-8+,14-9?. The van der Waals surface area contributed by atoms with Gasteiger partial charge in [-0.25, -0.2) is 0 Å². The molecule has 0 saturated heterocycles. The van der Waals surface area contributed by atoms with Crippen molar-refractivity contribution in [1.29, 1.82) is 5.41 Å². The van der Waals surface area contributed by atoms with Gasteiger partial charge in [0.15, 0.2) is 0 Å². The third-order valence-corrected chi connectivity index (χ3v) is 2.75. The molecule has 1 N–H and O–H groups in total. The number of rotatable bonds is 2. The fourth-order valence-corrected chi connectivity index (χ4v) is 1.72. The van der Waals surface area contributed by atoms with Gasteiger partial charge in [0.25, 0.3) is 0 Å². The molecule has 0 aromatic heterocycles. The molecule has 1 rings (SSSR count). The molecule has 3 heteroatoms. The first kappa shape index (κ1) is 12.1. The number of nitrogens with one attached hydrogen (secondary N) is 1. The van der Waals surface area contributed by atoms with E-state index in [2.05, 4.69) is 12.6 Å². The molecule has 15 heavy (non-hydrogen) atoms. The summed E-state index contributed by atoms with van der Waals surface area (Å²) in [5.74, 6) is 0. The molecular weight excluding hydrogens is 201 g/mol. The van der Waals surface area contributed by atoms with Crippen molar-refractivity contribution < 1.29 is 0 Å². The van der Waals surface area contributed by atoms with Crippen LogP contribution in [0.2, 0.25) is 0 Å². The van der Waals surface area contributed by atoms with E-state index < -0.39 is 0 Å². The van der Waals surface area contributed by atoms with Crippen molar-refractivity contribution in [3.8, 4) is 0 Å². The minimum atomic E-state index is 0.478. The van der Waals surface area contributed by atoms with E-state index in [0.29, 0.717) is 11.2 Å². The van der Waals surface area contributed by atoms with Crippen molar-refractivity contribution in [2.45, 2.75) is 25.7 Å². The van der Waals surface area contributed by atoms with E-state index in [0.717, 1.165) is 21.6 Å². The predicted molar refractivity (Wildman–Crippen MR) is 70.2 cm³/mol. The second kappa shape index (κ2) is 4.71. The van der Waals surface area contributed by atoms with Crippen molar-refractivity contribution in [3.05, 3.63) is 34.8 Å². The number of hydrogen-bond acceptors (Lipinski definition) is 2. The average molecular weight is 215 g/mol. The zero-order chi connectivity index (χ0) is 11.6. The molecule has 0 aliphatic carbocycles. The van der Waals surface area contributed by atoms with Gasteiger partial charge in [-0.1, -0.05) is 19.1 Å². The number of thiol groups is 1. The van der Waals surface area contributed by atoms with Crippen LogP contribution in [0.4, 0.5) is 0 Å². The smallest absolute Gasteiger partial charge is 0.108 e. The van der Waals surface area contributed by atoms with Gasteiger partial charge >= 0.3 is 0 Å². The maximum atomic E-state index is 7.68. The van der Waals surface area contributed by atoms with E-state index in [1.807, 2.05) is 32.0 Å². The van der Waals surface area contributed by atoms with Crippen LogP contribution in [0.1, 0.15) is 25.0 Å². The lowest BCUT2D eigenvalue weighted by molar-refractivity contribution is 1.30. The van der Waals surface area contributed by atoms with Crippen LogP contribution >= 0.6 is 12.6 Å². The van der Waals surface area contributed by atoms with E-state index in [1.165, 1.54) is 0 Å². The summed E-state index contributed by atoms with van der Waals surface area (Å²) in [5.41, 5.74) is 4.02. The molecule has 1 aromatic rings. The van der Waals surface area contributed by atoms with Crippen LogP contribution in [0.5, 0.6) is 0 Å². The summed E-state index contributed by atoms with van der Waals surface area (Å²) in [6.07, 6.45) is 0. The molecule has 0 heterocycles. The highest BCUT2D eigenvalue weighted by atomic mass is 32.1. The normalized spacial score (nSPS) is 12.3. The van der Waals surface area contributed by atoms with Crippen LogP contribution in [0.25, 0.3) is 5.57 Å². The first-order valence-corrected chi connectivity index (χ1v) is 5.20. The van der Waals surface area contributed by atoms with Gasteiger partial charge in [-0.3, -0.25) is 0 Å². The molecule has 0 bridgehead atoms. The summed E-state index contributed by atoms with van der Waals surface area (Å²) in [4.78, 5) is 0.924. The maximum absolute atomic E-state index is 7.68. The van der Waals surface area contributed by atoms with Crippen molar-refractivity contribution in [3.63, 3.8) is 0 Å². The summed E-state index contributed by atoms with van der Waals surface area (Å²) >= 11 is 4.37. The minimum Gasteiger partial charge on any atom is -0.305 e. The number of allylic oxidation sites excluding steroid dienone is 2. The van der Waals surface area contributed by atoms with Gasteiger partial charge in [-0.15, -0.1) is 18.1 Å². The highest BCUT2D eigenvalue weighted by molar-refractivity contribution is 7.80. The molecule has 0 unspecified atom stereocenters. The Hall–Kier alpha value is -0.955. The van der Waals surface area contributed by atoms with Crippen LogP contribution < -0.4 is 0 Å². The summed E-state index contributed by atoms with van der Waals surface area (Å²) in [7, 11) is 5.77. The largest absolute Gasteiger partial charge is 0.305 e. The summed E-state index contributed by atoms with van der Waals surface area (Å²) in [6, 6.07) is 5.91. The third-order valence-electron chi connectivity index (χ3n) is 2.27. The third kappa shape index (κ3) is 2.75. The van der Waals surface area contributed by atoms with Gasteiger partial charge in [-0.05, 0) is 36.6 Å². The molecule has 76 valence electrons. The fraction of sp³-hybridized carbons (Fsp3) is 0.250. The number of aryl methyl sites for hydroxylation is 1. The van der Waals surface area contributed by atoms with Gasteiger partial charge in [0, 0.05) is 10.6 Å². The maximum Gasteiger partial charge on any atom is 0.108 e. The van der Waals surface area contributed by atoms with E-state index in [-0.39, 0.29) is 0 Å². The van der Waals surface area contributed by atoms with Crippen LogP contribution in [-0.2, 0) is 0 Å². The van der Waals surface area contributed by atoms with Gasteiger partial charge in [0.1, 0.15) is 7.85 Å². The molecule has 1 nitrogen and oxygen atoms in total. The lowest BCUT2D eigenvalue weighted by Gasteiger charge is -2.10. The quantitative estimate of drug-likeness (QED) is 0.430. The lowest BCUT2D eigenvalue weighted by Crippen LogP contribution is -1.99. The van der Waals surface area contributed by atoms with E-state index >= 15 is 0 Å². The van der Waals surface area contributed by atoms with Crippen molar-refractivity contribution >= 4 is 31.8 Å². The second-order valence-electron chi connectivity index (χ2n) is 3.68. The highest BCUT2D eigenvalue weighted by Gasteiger charge is 2.06. The van der Waals surface area contributed by atoms with Crippen LogP contribution in [0, 0.1) is 12.3 Å². The van der Waals surface area contributed by atoms with Gasteiger partial charge < -0.3 is 5.41 Å². The Morgan fingerprint density at radius 2 is 1.93 bits per heavy atom. The van der Waals surface area contributed by atoms with Crippen molar-refractivity contribution in [1.82, 2.24) is 0 Å². The molecule has 1 aromatic carbocycles. The average Bonchev–Trinajstić information content (AvgIpc) is 2.10. The van der Waals surface area contributed by atoms with Crippen LogP contribution in [-0.4, -0.2) is 13.6 Å². The monoisotopic (exact) mass is 215 g/mol. The van der Waals surface area contributed by atoms with Gasteiger partial charge in [0.05, 0.1) is 0 Å². The Morgan fingerprint density at radius 1 is 1.33 bits per heavy atom. The predicted octanol–water partition coefficient (Wildman–Crippen LogP) is 3.22. The molecule has 0 aliphatic rings. The molecule has 0 aliphatic heterocycles. The van der Waals surface area contributed by atoms with E-state index in [4.69, 9.17) is 13.3 Å². The molecular formula is C12H14BNS. The Bertz CT molecular complexity index is 431. The summed E-state index contributed by atoms with van der Waals surface area (Å²) < 4.78 is 0. The van der Waals surface area contributed by atoms with E-state index in [9.17, 15) is 0 Å². The summed E-state index contributed by atoms with van der Waals surface area (Å²) in [5, 5.41) is 7.68.